The Morgan fingerprint density at radius 2 is 2.06 bits per heavy atom. The van der Waals surface area contributed by atoms with Crippen molar-refractivity contribution in [2.45, 2.75) is 25.4 Å². The number of nitrogens with zero attached hydrogens (tertiary/aromatic N) is 2. The number of piperidine rings is 1. The van der Waals surface area contributed by atoms with Gasteiger partial charge in [-0.3, -0.25) is 4.90 Å². The zero-order valence-corrected chi connectivity index (χ0v) is 9.34. The van der Waals surface area contributed by atoms with Gasteiger partial charge < -0.3 is 0 Å². The average Bonchev–Trinajstić information content (AvgIpc) is 2.89. The summed E-state index contributed by atoms with van der Waals surface area (Å²) in [6.45, 7) is 2.21. The topological polar surface area (TPSA) is 27.0 Å². The van der Waals surface area contributed by atoms with E-state index in [-0.39, 0.29) is 5.92 Å². The molecular formula is C14H16N2. The van der Waals surface area contributed by atoms with Crippen molar-refractivity contribution < 1.29 is 0 Å². The molecule has 2 nitrogen and oxygen atoms in total. The Labute approximate surface area is 96.5 Å². The first-order valence-corrected chi connectivity index (χ1v) is 6.04. The molecule has 1 aliphatic heterocycles. The summed E-state index contributed by atoms with van der Waals surface area (Å²) in [7, 11) is 0. The molecule has 1 aliphatic carbocycles. The molecule has 0 amide bonds. The van der Waals surface area contributed by atoms with Crippen molar-refractivity contribution in [3.63, 3.8) is 0 Å². The number of fused-ring (bicyclic) bond motifs is 2. The Morgan fingerprint density at radius 1 is 1.25 bits per heavy atom. The maximum Gasteiger partial charge on any atom is 0.0672 e. The highest BCUT2D eigenvalue weighted by atomic mass is 15.2. The summed E-state index contributed by atoms with van der Waals surface area (Å²) < 4.78 is 0. The van der Waals surface area contributed by atoms with E-state index in [1.807, 2.05) is 0 Å². The van der Waals surface area contributed by atoms with Crippen LogP contribution in [0.4, 0.5) is 0 Å². The normalized spacial score (nSPS) is 32.8. The first kappa shape index (κ1) is 9.86. The molecule has 0 unspecified atom stereocenters. The Balaban J connectivity index is 1.72. The van der Waals surface area contributed by atoms with Gasteiger partial charge in [0.15, 0.2) is 0 Å². The van der Waals surface area contributed by atoms with Crippen molar-refractivity contribution >= 4 is 0 Å². The molecule has 1 heterocycles. The molecule has 0 aromatic heterocycles. The lowest BCUT2D eigenvalue weighted by atomic mass is 9.99. The summed E-state index contributed by atoms with van der Waals surface area (Å²) in [6, 6.07) is 13.6. The highest BCUT2D eigenvalue weighted by Crippen LogP contribution is 2.41. The van der Waals surface area contributed by atoms with Gasteiger partial charge in [0.2, 0.25) is 0 Å². The molecule has 2 heteroatoms. The van der Waals surface area contributed by atoms with Crippen LogP contribution >= 0.6 is 0 Å². The van der Waals surface area contributed by atoms with Crippen LogP contribution < -0.4 is 0 Å². The molecule has 2 bridgehead atoms. The zero-order valence-electron chi connectivity index (χ0n) is 9.34. The maximum absolute atomic E-state index is 9.10. The summed E-state index contributed by atoms with van der Waals surface area (Å²) in [5.41, 5.74) is 1.37. The van der Waals surface area contributed by atoms with Crippen molar-refractivity contribution in [1.82, 2.24) is 4.90 Å². The van der Waals surface area contributed by atoms with Crippen LogP contribution in [0.3, 0.4) is 0 Å². The van der Waals surface area contributed by atoms with E-state index in [0.717, 1.165) is 18.9 Å². The Kier molecular flexibility index (Phi) is 2.41. The van der Waals surface area contributed by atoms with Gasteiger partial charge in [0, 0.05) is 19.1 Å². The van der Waals surface area contributed by atoms with Gasteiger partial charge in [-0.15, -0.1) is 0 Å². The maximum atomic E-state index is 9.10. The highest BCUT2D eigenvalue weighted by Gasteiger charge is 2.44. The second-order valence-corrected chi connectivity index (χ2v) is 5.06. The third-order valence-electron chi connectivity index (χ3n) is 3.98. The minimum Gasteiger partial charge on any atom is -0.295 e. The predicted octanol–water partition coefficient (Wildman–Crippen LogP) is 2.42. The molecule has 1 aromatic rings. The lowest BCUT2D eigenvalue weighted by Crippen LogP contribution is -2.36. The number of hydrogen-bond acceptors (Lipinski definition) is 2. The molecule has 1 saturated heterocycles. The van der Waals surface area contributed by atoms with E-state index in [0.29, 0.717) is 6.04 Å². The fraction of sp³-hybridized carbons (Fsp3) is 0.500. The van der Waals surface area contributed by atoms with Gasteiger partial charge >= 0.3 is 0 Å². The van der Waals surface area contributed by atoms with E-state index in [2.05, 4.69) is 41.3 Å². The summed E-state index contributed by atoms with van der Waals surface area (Å²) in [5, 5.41) is 9.10. The third kappa shape index (κ3) is 1.62. The summed E-state index contributed by atoms with van der Waals surface area (Å²) in [4.78, 5) is 2.50. The molecule has 3 atom stereocenters. The first-order chi connectivity index (χ1) is 7.86. The molecule has 16 heavy (non-hydrogen) atoms. The van der Waals surface area contributed by atoms with Crippen LogP contribution in [-0.2, 0) is 6.54 Å². The molecule has 0 radical (unpaired) electrons. The van der Waals surface area contributed by atoms with E-state index < -0.39 is 0 Å². The van der Waals surface area contributed by atoms with Crippen molar-refractivity contribution in [2.75, 3.05) is 6.54 Å². The quantitative estimate of drug-likeness (QED) is 0.752. The molecule has 3 rings (SSSR count). The van der Waals surface area contributed by atoms with E-state index in [9.17, 15) is 0 Å². The second-order valence-electron chi connectivity index (χ2n) is 5.06. The number of hydrogen-bond donors (Lipinski definition) is 0. The van der Waals surface area contributed by atoms with Gasteiger partial charge in [-0.05, 0) is 24.3 Å². The van der Waals surface area contributed by atoms with Crippen molar-refractivity contribution in [3.8, 4) is 6.07 Å². The summed E-state index contributed by atoms with van der Waals surface area (Å²) in [5.74, 6) is 1.06. The van der Waals surface area contributed by atoms with Gasteiger partial charge in [0.1, 0.15) is 0 Å². The van der Waals surface area contributed by atoms with E-state index >= 15 is 0 Å². The molecule has 0 spiro atoms. The Bertz CT molecular complexity index is 406. The van der Waals surface area contributed by atoms with Gasteiger partial charge in [0.25, 0.3) is 0 Å². The van der Waals surface area contributed by atoms with Crippen LogP contribution in [0.15, 0.2) is 30.3 Å². The van der Waals surface area contributed by atoms with Crippen molar-refractivity contribution in [1.29, 1.82) is 5.26 Å². The van der Waals surface area contributed by atoms with Gasteiger partial charge in [-0.1, -0.05) is 30.3 Å². The fourth-order valence-corrected chi connectivity index (χ4v) is 3.28. The minimum absolute atomic E-state index is 0.280. The zero-order chi connectivity index (χ0) is 11.0. The van der Waals surface area contributed by atoms with Crippen molar-refractivity contribution in [2.24, 2.45) is 11.8 Å². The van der Waals surface area contributed by atoms with E-state index in [1.54, 1.807) is 0 Å². The summed E-state index contributed by atoms with van der Waals surface area (Å²) >= 11 is 0. The van der Waals surface area contributed by atoms with E-state index in [4.69, 9.17) is 5.26 Å². The largest absolute Gasteiger partial charge is 0.295 e. The average molecular weight is 212 g/mol. The molecule has 1 aromatic carbocycles. The van der Waals surface area contributed by atoms with Crippen LogP contribution in [0, 0.1) is 23.2 Å². The fourth-order valence-electron chi connectivity index (χ4n) is 3.28. The minimum atomic E-state index is 0.280. The van der Waals surface area contributed by atoms with Crippen LogP contribution in [-0.4, -0.2) is 17.5 Å². The number of benzene rings is 1. The Morgan fingerprint density at radius 3 is 2.75 bits per heavy atom. The standard InChI is InChI=1S/C14H16N2/c15-8-13-6-12-7-14(13)16(10-12)9-11-4-2-1-3-5-11/h1-5,12-14H,6-7,9-10H2/t12-,13-,14+/m1/s1. The predicted molar refractivity (Wildman–Crippen MR) is 62.5 cm³/mol. The monoisotopic (exact) mass is 212 g/mol. The second kappa shape index (κ2) is 3.92. The molecule has 2 fully saturated rings. The lowest BCUT2D eigenvalue weighted by Gasteiger charge is -2.29. The van der Waals surface area contributed by atoms with Crippen LogP contribution in [0.25, 0.3) is 0 Å². The molecule has 1 saturated carbocycles. The third-order valence-corrected chi connectivity index (χ3v) is 3.98. The van der Waals surface area contributed by atoms with Gasteiger partial charge in [-0.2, -0.15) is 5.26 Å². The smallest absolute Gasteiger partial charge is 0.0672 e. The molecular weight excluding hydrogens is 196 g/mol. The first-order valence-electron chi connectivity index (χ1n) is 6.04. The lowest BCUT2D eigenvalue weighted by molar-refractivity contribution is 0.175. The molecule has 0 N–H and O–H groups in total. The number of nitriles is 1. The SMILES string of the molecule is N#C[C@H]1C[C@@H]2C[C@@H]1N(Cc1ccccc1)C2. The van der Waals surface area contributed by atoms with E-state index in [1.165, 1.54) is 18.5 Å². The van der Waals surface area contributed by atoms with Crippen LogP contribution in [0.2, 0.25) is 0 Å². The van der Waals surface area contributed by atoms with Crippen LogP contribution in [0.1, 0.15) is 18.4 Å². The number of rotatable bonds is 2. The molecule has 2 aliphatic rings. The van der Waals surface area contributed by atoms with Gasteiger partial charge in [-0.25, -0.2) is 0 Å². The summed E-state index contributed by atoms with van der Waals surface area (Å²) in [6.07, 6.45) is 2.37. The van der Waals surface area contributed by atoms with Gasteiger partial charge in [0.05, 0.1) is 12.0 Å². The van der Waals surface area contributed by atoms with Crippen LogP contribution in [0.5, 0.6) is 0 Å². The van der Waals surface area contributed by atoms with Crippen molar-refractivity contribution in [3.05, 3.63) is 35.9 Å². The Hall–Kier alpha value is -1.33. The molecule has 82 valence electrons. The number of likely N-dealkylation sites (tertiary alicyclic amines) is 1. The highest BCUT2D eigenvalue weighted by molar-refractivity contribution is 5.16.